The number of halogens is 2. The minimum absolute atomic E-state index is 0.0341. The number of hydrogen-bond donors (Lipinski definition) is 2. The van der Waals surface area contributed by atoms with Gasteiger partial charge in [-0.3, -0.25) is 4.79 Å². The summed E-state index contributed by atoms with van der Waals surface area (Å²) in [5.41, 5.74) is 1.51. The molecule has 1 aliphatic rings. The Morgan fingerprint density at radius 1 is 1.23 bits per heavy atom. The third-order valence-corrected chi connectivity index (χ3v) is 4.61. The van der Waals surface area contributed by atoms with Crippen LogP contribution in [0.3, 0.4) is 0 Å². The van der Waals surface area contributed by atoms with Crippen LogP contribution in [0.1, 0.15) is 22.0 Å². The summed E-state index contributed by atoms with van der Waals surface area (Å²) >= 11 is 5.87. The number of morpholine rings is 1. The van der Waals surface area contributed by atoms with Crippen molar-refractivity contribution in [3.63, 3.8) is 0 Å². The molecule has 2 aromatic carbocycles. The average molecular weight is 379 g/mol. The van der Waals surface area contributed by atoms with E-state index in [1.807, 2.05) is 24.3 Å². The van der Waals surface area contributed by atoms with Crippen LogP contribution in [0, 0.1) is 5.82 Å². The van der Waals surface area contributed by atoms with Crippen LogP contribution in [0.25, 0.3) is 0 Å². The van der Waals surface area contributed by atoms with Crippen molar-refractivity contribution in [3.05, 3.63) is 64.4 Å². The zero-order valence-corrected chi connectivity index (χ0v) is 14.9. The largest absolute Gasteiger partial charge is 0.387 e. The molecule has 3 rings (SSSR count). The summed E-state index contributed by atoms with van der Waals surface area (Å²) in [5, 5.41) is 12.8. The highest BCUT2D eigenvalue weighted by atomic mass is 35.5. The predicted molar refractivity (Wildman–Crippen MR) is 98.2 cm³/mol. The highest BCUT2D eigenvalue weighted by molar-refractivity contribution is 6.33. The van der Waals surface area contributed by atoms with Crippen LogP contribution < -0.4 is 10.2 Å². The topological polar surface area (TPSA) is 61.8 Å². The predicted octanol–water partition coefficient (Wildman–Crippen LogP) is 2.78. The minimum atomic E-state index is -0.900. The molecule has 0 saturated carbocycles. The van der Waals surface area contributed by atoms with Crippen molar-refractivity contribution < 1.29 is 19.0 Å². The molecule has 1 unspecified atom stereocenters. The smallest absolute Gasteiger partial charge is 0.255 e. The van der Waals surface area contributed by atoms with Crippen LogP contribution in [0.4, 0.5) is 10.1 Å². The van der Waals surface area contributed by atoms with E-state index in [0.29, 0.717) is 18.8 Å². The standard InChI is InChI=1S/C19H20ClFN2O3/c20-15-2-1-3-16(21)18(15)19(25)22-12-17(24)13-4-6-14(7-5-13)23-8-10-26-11-9-23/h1-7,17,24H,8-12H2,(H,22,25). The summed E-state index contributed by atoms with van der Waals surface area (Å²) in [7, 11) is 0. The zero-order chi connectivity index (χ0) is 18.5. The normalized spacial score (nSPS) is 15.6. The summed E-state index contributed by atoms with van der Waals surface area (Å²) in [4.78, 5) is 14.3. The van der Waals surface area contributed by atoms with E-state index >= 15 is 0 Å². The van der Waals surface area contributed by atoms with Crippen LogP contribution in [-0.4, -0.2) is 43.9 Å². The second-order valence-corrected chi connectivity index (χ2v) is 6.42. The number of aliphatic hydroxyl groups is 1. The Morgan fingerprint density at radius 3 is 2.58 bits per heavy atom. The zero-order valence-electron chi connectivity index (χ0n) is 14.1. The molecule has 0 spiro atoms. The highest BCUT2D eigenvalue weighted by Crippen LogP contribution is 2.21. The molecule has 5 nitrogen and oxygen atoms in total. The van der Waals surface area contributed by atoms with E-state index in [2.05, 4.69) is 10.2 Å². The monoisotopic (exact) mass is 378 g/mol. The lowest BCUT2D eigenvalue weighted by Crippen LogP contribution is -2.36. The maximum atomic E-state index is 13.7. The van der Waals surface area contributed by atoms with Gasteiger partial charge in [-0.15, -0.1) is 0 Å². The van der Waals surface area contributed by atoms with Crippen molar-refractivity contribution in [1.82, 2.24) is 5.32 Å². The van der Waals surface area contributed by atoms with E-state index < -0.39 is 17.8 Å². The van der Waals surface area contributed by atoms with Gasteiger partial charge in [-0.05, 0) is 29.8 Å². The van der Waals surface area contributed by atoms with E-state index in [4.69, 9.17) is 16.3 Å². The third kappa shape index (κ3) is 4.33. The van der Waals surface area contributed by atoms with Gasteiger partial charge in [0.05, 0.1) is 29.9 Å². The van der Waals surface area contributed by atoms with Crippen LogP contribution >= 0.6 is 11.6 Å². The molecule has 26 heavy (non-hydrogen) atoms. The molecule has 0 bridgehead atoms. The van der Waals surface area contributed by atoms with E-state index in [1.54, 1.807) is 0 Å². The Morgan fingerprint density at radius 2 is 1.92 bits per heavy atom. The van der Waals surface area contributed by atoms with Crippen molar-refractivity contribution in [2.45, 2.75) is 6.10 Å². The first-order valence-corrected chi connectivity index (χ1v) is 8.77. The highest BCUT2D eigenvalue weighted by Gasteiger charge is 2.17. The maximum absolute atomic E-state index is 13.7. The number of aliphatic hydroxyl groups excluding tert-OH is 1. The molecule has 1 atom stereocenters. The Labute approximate surface area is 156 Å². The lowest BCUT2D eigenvalue weighted by molar-refractivity contribution is 0.0912. The third-order valence-electron chi connectivity index (χ3n) is 4.30. The first kappa shape index (κ1) is 18.6. The molecule has 1 saturated heterocycles. The number of nitrogens with one attached hydrogen (secondary N) is 1. The van der Waals surface area contributed by atoms with Gasteiger partial charge < -0.3 is 20.1 Å². The number of carbonyl (C=O) groups excluding carboxylic acids is 1. The van der Waals surface area contributed by atoms with Gasteiger partial charge in [-0.2, -0.15) is 0 Å². The van der Waals surface area contributed by atoms with Crippen molar-refractivity contribution in [2.75, 3.05) is 37.7 Å². The molecule has 1 heterocycles. The summed E-state index contributed by atoms with van der Waals surface area (Å²) in [6.45, 7) is 3.03. The van der Waals surface area contributed by atoms with Gasteiger partial charge in [0, 0.05) is 25.3 Å². The lowest BCUT2D eigenvalue weighted by atomic mass is 10.1. The van der Waals surface area contributed by atoms with E-state index in [-0.39, 0.29) is 17.1 Å². The van der Waals surface area contributed by atoms with Gasteiger partial charge in [-0.1, -0.05) is 29.8 Å². The molecule has 0 aromatic heterocycles. The fraction of sp³-hybridized carbons (Fsp3) is 0.316. The van der Waals surface area contributed by atoms with E-state index in [9.17, 15) is 14.3 Å². The quantitative estimate of drug-likeness (QED) is 0.839. The van der Waals surface area contributed by atoms with Gasteiger partial charge in [0.1, 0.15) is 5.82 Å². The van der Waals surface area contributed by atoms with E-state index in [0.717, 1.165) is 18.8 Å². The number of ether oxygens (including phenoxy) is 1. The summed E-state index contributed by atoms with van der Waals surface area (Å²) in [5.74, 6) is -1.35. The number of benzene rings is 2. The van der Waals surface area contributed by atoms with Gasteiger partial charge in [-0.25, -0.2) is 4.39 Å². The van der Waals surface area contributed by atoms with Gasteiger partial charge in [0.15, 0.2) is 0 Å². The summed E-state index contributed by atoms with van der Waals surface area (Å²) in [6.07, 6.45) is -0.900. The second-order valence-electron chi connectivity index (χ2n) is 6.01. The number of nitrogens with zero attached hydrogens (tertiary/aromatic N) is 1. The maximum Gasteiger partial charge on any atom is 0.255 e. The Kier molecular flexibility index (Phi) is 6.08. The first-order valence-electron chi connectivity index (χ1n) is 8.39. The molecular formula is C19H20ClFN2O3. The minimum Gasteiger partial charge on any atom is -0.387 e. The lowest BCUT2D eigenvalue weighted by Gasteiger charge is -2.29. The molecule has 1 aliphatic heterocycles. The average Bonchev–Trinajstić information content (AvgIpc) is 2.67. The molecule has 2 aromatic rings. The van der Waals surface area contributed by atoms with Crippen molar-refractivity contribution in [3.8, 4) is 0 Å². The van der Waals surface area contributed by atoms with Gasteiger partial charge in [0.2, 0.25) is 0 Å². The summed E-state index contributed by atoms with van der Waals surface area (Å²) in [6, 6.07) is 11.5. The number of rotatable bonds is 5. The second kappa shape index (κ2) is 8.49. The molecule has 7 heteroatoms. The first-order chi connectivity index (χ1) is 12.6. The van der Waals surface area contributed by atoms with Crippen LogP contribution in [-0.2, 0) is 4.74 Å². The molecular weight excluding hydrogens is 359 g/mol. The van der Waals surface area contributed by atoms with Crippen molar-refractivity contribution in [1.29, 1.82) is 0 Å². The fourth-order valence-corrected chi connectivity index (χ4v) is 3.09. The number of hydrogen-bond acceptors (Lipinski definition) is 4. The summed E-state index contributed by atoms with van der Waals surface area (Å²) < 4.78 is 19.1. The molecule has 138 valence electrons. The Hall–Kier alpha value is -2.15. The molecule has 2 N–H and O–H groups in total. The fourth-order valence-electron chi connectivity index (χ4n) is 2.84. The van der Waals surface area contributed by atoms with Crippen molar-refractivity contribution in [2.24, 2.45) is 0 Å². The molecule has 1 fully saturated rings. The van der Waals surface area contributed by atoms with Crippen LogP contribution in [0.5, 0.6) is 0 Å². The Bertz CT molecular complexity index is 744. The van der Waals surface area contributed by atoms with Gasteiger partial charge in [0.25, 0.3) is 5.91 Å². The van der Waals surface area contributed by atoms with Crippen LogP contribution in [0.15, 0.2) is 42.5 Å². The Balaban J connectivity index is 1.59. The number of carbonyl (C=O) groups is 1. The molecule has 0 aliphatic carbocycles. The SMILES string of the molecule is O=C(NCC(O)c1ccc(N2CCOCC2)cc1)c1c(F)cccc1Cl. The number of amides is 1. The van der Waals surface area contributed by atoms with Crippen molar-refractivity contribution >= 4 is 23.2 Å². The number of anilines is 1. The van der Waals surface area contributed by atoms with Crippen LogP contribution in [0.2, 0.25) is 5.02 Å². The van der Waals surface area contributed by atoms with Gasteiger partial charge >= 0.3 is 0 Å². The molecule has 1 amide bonds. The van der Waals surface area contributed by atoms with E-state index in [1.165, 1.54) is 18.2 Å². The molecule has 0 radical (unpaired) electrons.